The van der Waals surface area contributed by atoms with Gasteiger partial charge >= 0.3 is 0 Å². The maximum Gasteiger partial charge on any atom is 0.263 e. The van der Waals surface area contributed by atoms with Crippen LogP contribution in [0.25, 0.3) is 10.3 Å². The van der Waals surface area contributed by atoms with Crippen molar-refractivity contribution in [2.75, 3.05) is 26.4 Å². The number of hydrogen-bond donors (Lipinski definition) is 2. The number of thiophene rings is 1. The third-order valence-corrected chi connectivity index (χ3v) is 3.79. The van der Waals surface area contributed by atoms with Crippen LogP contribution in [0.4, 0.5) is 5.69 Å². The van der Waals surface area contributed by atoms with E-state index in [1.54, 1.807) is 20.3 Å². The molecule has 2 heterocycles. The summed E-state index contributed by atoms with van der Waals surface area (Å²) in [4.78, 5) is 34.1. The smallest absolute Gasteiger partial charge is 0.263 e. The number of nitrogens with two attached hydrogens (primary N) is 1. The molecule has 0 fully saturated rings. The van der Waals surface area contributed by atoms with Crippen molar-refractivity contribution in [3.8, 4) is 0 Å². The van der Waals surface area contributed by atoms with Crippen molar-refractivity contribution in [2.24, 2.45) is 0 Å². The summed E-state index contributed by atoms with van der Waals surface area (Å²) in [6.45, 7) is 0.268. The van der Waals surface area contributed by atoms with E-state index < -0.39 is 0 Å². The first-order valence-electron chi connectivity index (χ1n) is 5.98. The Labute approximate surface area is 119 Å². The van der Waals surface area contributed by atoms with Crippen LogP contribution in [0.1, 0.15) is 16.1 Å². The van der Waals surface area contributed by atoms with E-state index in [0.717, 1.165) is 0 Å². The third kappa shape index (κ3) is 2.85. The number of nitrogens with one attached hydrogen (secondary N) is 1. The van der Waals surface area contributed by atoms with E-state index in [9.17, 15) is 9.59 Å². The normalized spacial score (nSPS) is 10.5. The molecule has 3 N–H and O–H groups in total. The zero-order valence-electron chi connectivity index (χ0n) is 11.2. The zero-order chi connectivity index (χ0) is 14.7. The summed E-state index contributed by atoms with van der Waals surface area (Å²) >= 11 is 1.19. The number of nitrogen functional groups attached to an aromatic ring is 1. The molecule has 0 radical (unpaired) electrons. The maximum absolute atomic E-state index is 12.0. The predicted octanol–water partition coefficient (Wildman–Crippen LogP) is 0.482. The van der Waals surface area contributed by atoms with Crippen molar-refractivity contribution in [3.63, 3.8) is 0 Å². The van der Waals surface area contributed by atoms with Gasteiger partial charge in [0.1, 0.15) is 15.2 Å². The molecule has 8 heteroatoms. The first-order chi connectivity index (χ1) is 9.50. The molecule has 0 aliphatic rings. The van der Waals surface area contributed by atoms with Crippen LogP contribution >= 0.6 is 11.3 Å². The van der Waals surface area contributed by atoms with E-state index in [1.165, 1.54) is 22.4 Å². The zero-order valence-corrected chi connectivity index (χ0v) is 12.0. The van der Waals surface area contributed by atoms with Gasteiger partial charge in [-0.1, -0.05) is 0 Å². The number of aromatic nitrogens is 2. The number of nitrogens with zero attached hydrogens (tertiary/aromatic N) is 3. The van der Waals surface area contributed by atoms with Crippen LogP contribution in [0.3, 0.4) is 0 Å². The molecular weight excluding hydrogens is 278 g/mol. The molecular formula is C12H15N5O2S. The molecule has 0 unspecified atom stereocenters. The van der Waals surface area contributed by atoms with E-state index in [4.69, 9.17) is 5.73 Å². The molecule has 0 aromatic carbocycles. The Morgan fingerprint density at radius 2 is 2.05 bits per heavy atom. The van der Waals surface area contributed by atoms with Gasteiger partial charge in [-0.3, -0.25) is 9.59 Å². The first-order valence-corrected chi connectivity index (χ1v) is 6.79. The van der Waals surface area contributed by atoms with Gasteiger partial charge in [-0.15, -0.1) is 11.3 Å². The van der Waals surface area contributed by atoms with Gasteiger partial charge in [-0.25, -0.2) is 9.97 Å². The largest absolute Gasteiger partial charge is 0.396 e. The molecule has 2 aromatic heterocycles. The monoisotopic (exact) mass is 293 g/mol. The molecule has 2 rings (SSSR count). The van der Waals surface area contributed by atoms with Crippen LogP contribution in [0, 0.1) is 0 Å². The lowest BCUT2D eigenvalue weighted by Crippen LogP contribution is -2.30. The van der Waals surface area contributed by atoms with Gasteiger partial charge in [0.25, 0.3) is 5.91 Å². The molecule has 2 amide bonds. The molecule has 7 nitrogen and oxygen atoms in total. The lowest BCUT2D eigenvalue weighted by atomic mass is 10.3. The van der Waals surface area contributed by atoms with Crippen LogP contribution in [0.5, 0.6) is 0 Å². The summed E-state index contributed by atoms with van der Waals surface area (Å²) in [7, 11) is 3.34. The number of hydrogen-bond acceptors (Lipinski definition) is 6. The Kier molecular flexibility index (Phi) is 4.14. The Hall–Kier alpha value is -2.22. The van der Waals surface area contributed by atoms with E-state index in [2.05, 4.69) is 15.3 Å². The van der Waals surface area contributed by atoms with Gasteiger partial charge in [0.05, 0.1) is 5.69 Å². The average molecular weight is 293 g/mol. The Balaban J connectivity index is 2.05. The quantitative estimate of drug-likeness (QED) is 0.854. The van der Waals surface area contributed by atoms with E-state index in [0.29, 0.717) is 20.9 Å². The lowest BCUT2D eigenvalue weighted by molar-refractivity contribution is -0.128. The van der Waals surface area contributed by atoms with Crippen LogP contribution in [-0.4, -0.2) is 47.3 Å². The fourth-order valence-corrected chi connectivity index (χ4v) is 2.54. The van der Waals surface area contributed by atoms with Gasteiger partial charge in [0, 0.05) is 39.5 Å². The second-order valence-electron chi connectivity index (χ2n) is 4.35. The maximum atomic E-state index is 12.0. The predicted molar refractivity (Wildman–Crippen MR) is 77.5 cm³/mol. The van der Waals surface area contributed by atoms with Gasteiger partial charge in [-0.2, -0.15) is 0 Å². The van der Waals surface area contributed by atoms with Crippen molar-refractivity contribution in [3.05, 3.63) is 17.3 Å². The standard InChI is InChI=1S/C12H15N5O2S/c1-17(2)7(18)3-4-15-11(19)10-8(13)9-12(20-10)16-6-5-14-9/h5-6H,3-4,13H2,1-2H3,(H,15,19). The van der Waals surface area contributed by atoms with Gasteiger partial charge < -0.3 is 16.0 Å². The number of anilines is 1. The van der Waals surface area contributed by atoms with Crippen molar-refractivity contribution in [1.29, 1.82) is 0 Å². The van der Waals surface area contributed by atoms with Crippen molar-refractivity contribution < 1.29 is 9.59 Å². The highest BCUT2D eigenvalue weighted by Crippen LogP contribution is 2.30. The fourth-order valence-electron chi connectivity index (χ4n) is 1.60. The third-order valence-electron chi connectivity index (χ3n) is 2.69. The molecule has 0 aliphatic carbocycles. The number of carbonyl (C=O) groups excluding carboxylic acids is 2. The summed E-state index contributed by atoms with van der Waals surface area (Å²) in [5.41, 5.74) is 6.75. The SMILES string of the molecule is CN(C)C(=O)CCNC(=O)c1sc2nccnc2c1N. The second kappa shape index (κ2) is 5.83. The van der Waals surface area contributed by atoms with E-state index in [-0.39, 0.29) is 24.8 Å². The molecule has 0 saturated heterocycles. The molecule has 0 spiro atoms. The number of rotatable bonds is 4. The second-order valence-corrected chi connectivity index (χ2v) is 5.35. The van der Waals surface area contributed by atoms with Crippen LogP contribution in [0.15, 0.2) is 12.4 Å². The van der Waals surface area contributed by atoms with Crippen molar-refractivity contribution >= 4 is 39.2 Å². The Bertz CT molecular complexity index is 652. The summed E-state index contributed by atoms with van der Waals surface area (Å²) in [5.74, 6) is -0.350. The fraction of sp³-hybridized carbons (Fsp3) is 0.333. The first kappa shape index (κ1) is 14.2. The minimum absolute atomic E-state index is 0.0436. The molecule has 0 atom stereocenters. The van der Waals surface area contributed by atoms with Gasteiger partial charge in [-0.05, 0) is 0 Å². The summed E-state index contributed by atoms with van der Waals surface area (Å²) in [6.07, 6.45) is 3.33. The molecule has 2 aromatic rings. The summed E-state index contributed by atoms with van der Waals surface area (Å²) in [5, 5.41) is 2.67. The van der Waals surface area contributed by atoms with Crippen LogP contribution in [-0.2, 0) is 4.79 Å². The van der Waals surface area contributed by atoms with Crippen molar-refractivity contribution in [2.45, 2.75) is 6.42 Å². The lowest BCUT2D eigenvalue weighted by Gasteiger charge is -2.10. The molecule has 0 saturated carbocycles. The average Bonchev–Trinajstić information content (AvgIpc) is 2.76. The van der Waals surface area contributed by atoms with Crippen LogP contribution in [0.2, 0.25) is 0 Å². The molecule has 106 valence electrons. The minimum atomic E-state index is -0.307. The highest BCUT2D eigenvalue weighted by atomic mass is 32.1. The minimum Gasteiger partial charge on any atom is -0.396 e. The van der Waals surface area contributed by atoms with E-state index >= 15 is 0 Å². The van der Waals surface area contributed by atoms with E-state index in [1.807, 2.05) is 0 Å². The summed E-state index contributed by atoms with van der Waals surface area (Å²) in [6, 6.07) is 0. The van der Waals surface area contributed by atoms with Crippen molar-refractivity contribution in [1.82, 2.24) is 20.2 Å². The molecule has 0 bridgehead atoms. The van der Waals surface area contributed by atoms with Gasteiger partial charge in [0.2, 0.25) is 5.91 Å². The molecule has 20 heavy (non-hydrogen) atoms. The number of carbonyl (C=O) groups is 2. The van der Waals surface area contributed by atoms with Gasteiger partial charge in [0.15, 0.2) is 0 Å². The number of amides is 2. The summed E-state index contributed by atoms with van der Waals surface area (Å²) < 4.78 is 0. The number of fused-ring (bicyclic) bond motifs is 1. The Morgan fingerprint density at radius 3 is 2.70 bits per heavy atom. The topological polar surface area (TPSA) is 101 Å². The highest BCUT2D eigenvalue weighted by molar-refractivity contribution is 7.21. The van der Waals surface area contributed by atoms with Crippen LogP contribution < -0.4 is 11.1 Å². The Morgan fingerprint density at radius 1 is 1.35 bits per heavy atom. The molecule has 0 aliphatic heterocycles. The highest BCUT2D eigenvalue weighted by Gasteiger charge is 2.17.